The van der Waals surface area contributed by atoms with Crippen molar-refractivity contribution in [2.75, 3.05) is 7.11 Å². The van der Waals surface area contributed by atoms with Crippen LogP contribution in [0.4, 0.5) is 0 Å². The molecule has 2 rings (SSSR count). The number of nitrogens with one attached hydrogen (secondary N) is 1. The number of amides is 1. The van der Waals surface area contributed by atoms with Crippen molar-refractivity contribution in [3.63, 3.8) is 0 Å². The lowest BCUT2D eigenvalue weighted by atomic mass is 10.1. The lowest BCUT2D eigenvalue weighted by Gasteiger charge is -2.10. The SMILES string of the molecule is CCCC(=O)Oc1ccc(/C=C(\C#N)C(=O)NCc2ccccc2)cc1OC. The fourth-order valence-corrected chi connectivity index (χ4v) is 2.42. The predicted octanol–water partition coefficient (Wildman–Crippen LogP) is 3.62. The number of methoxy groups -OCH3 is 1. The molecule has 0 aromatic heterocycles. The molecular weight excluding hydrogens is 356 g/mol. The number of ether oxygens (including phenoxy) is 2. The highest BCUT2D eigenvalue weighted by atomic mass is 16.6. The molecule has 0 aliphatic carbocycles. The molecule has 0 saturated heterocycles. The lowest BCUT2D eigenvalue weighted by Crippen LogP contribution is -2.23. The van der Waals surface area contributed by atoms with Gasteiger partial charge in [0, 0.05) is 13.0 Å². The largest absolute Gasteiger partial charge is 0.493 e. The molecule has 0 radical (unpaired) electrons. The first kappa shape index (κ1) is 20.7. The number of hydrogen-bond donors (Lipinski definition) is 1. The molecule has 6 nitrogen and oxygen atoms in total. The molecule has 1 N–H and O–H groups in total. The topological polar surface area (TPSA) is 88.4 Å². The number of carbonyl (C=O) groups excluding carboxylic acids is 2. The molecule has 0 spiro atoms. The molecule has 0 bridgehead atoms. The average Bonchev–Trinajstić information content (AvgIpc) is 2.72. The summed E-state index contributed by atoms with van der Waals surface area (Å²) in [6.45, 7) is 2.22. The van der Waals surface area contributed by atoms with Crippen LogP contribution in [-0.4, -0.2) is 19.0 Å². The van der Waals surface area contributed by atoms with Crippen molar-refractivity contribution < 1.29 is 19.1 Å². The Hall–Kier alpha value is -3.59. The highest BCUT2D eigenvalue weighted by Gasteiger charge is 2.12. The van der Waals surface area contributed by atoms with E-state index in [4.69, 9.17) is 9.47 Å². The molecule has 0 atom stereocenters. The van der Waals surface area contributed by atoms with E-state index in [1.165, 1.54) is 13.2 Å². The lowest BCUT2D eigenvalue weighted by molar-refractivity contribution is -0.134. The number of rotatable bonds is 8. The zero-order valence-corrected chi connectivity index (χ0v) is 15.9. The number of esters is 1. The second kappa shape index (κ2) is 10.5. The van der Waals surface area contributed by atoms with Crippen LogP contribution in [0.15, 0.2) is 54.1 Å². The van der Waals surface area contributed by atoms with Gasteiger partial charge in [0.2, 0.25) is 0 Å². The number of carbonyl (C=O) groups is 2. The molecule has 2 aromatic carbocycles. The van der Waals surface area contributed by atoms with Crippen molar-refractivity contribution >= 4 is 18.0 Å². The molecular formula is C22H22N2O4. The smallest absolute Gasteiger partial charge is 0.311 e. The summed E-state index contributed by atoms with van der Waals surface area (Å²) in [5, 5.41) is 12.1. The van der Waals surface area contributed by atoms with Crippen LogP contribution in [0.3, 0.4) is 0 Å². The van der Waals surface area contributed by atoms with Gasteiger partial charge in [-0.25, -0.2) is 0 Å². The Bertz CT molecular complexity index is 898. The summed E-state index contributed by atoms with van der Waals surface area (Å²) in [7, 11) is 1.46. The number of nitriles is 1. The van der Waals surface area contributed by atoms with Gasteiger partial charge < -0.3 is 14.8 Å². The number of benzene rings is 2. The maximum Gasteiger partial charge on any atom is 0.311 e. The summed E-state index contributed by atoms with van der Waals surface area (Å²) in [4.78, 5) is 24.0. The van der Waals surface area contributed by atoms with E-state index in [-0.39, 0.29) is 11.5 Å². The van der Waals surface area contributed by atoms with Gasteiger partial charge in [-0.2, -0.15) is 5.26 Å². The highest BCUT2D eigenvalue weighted by molar-refractivity contribution is 6.01. The monoisotopic (exact) mass is 378 g/mol. The molecule has 6 heteroatoms. The normalized spacial score (nSPS) is 10.7. The summed E-state index contributed by atoms with van der Waals surface area (Å²) in [6.07, 6.45) is 2.46. The molecule has 0 saturated carbocycles. The van der Waals surface area contributed by atoms with Crippen LogP contribution in [0, 0.1) is 11.3 Å². The molecule has 2 aromatic rings. The van der Waals surface area contributed by atoms with Crippen LogP contribution >= 0.6 is 0 Å². The molecule has 0 aliphatic heterocycles. The van der Waals surface area contributed by atoms with E-state index < -0.39 is 5.91 Å². The van der Waals surface area contributed by atoms with Crippen molar-refractivity contribution in [3.05, 3.63) is 65.2 Å². The van der Waals surface area contributed by atoms with Gasteiger partial charge >= 0.3 is 5.97 Å². The third-order valence-corrected chi connectivity index (χ3v) is 3.84. The third kappa shape index (κ3) is 5.99. The Morgan fingerprint density at radius 1 is 1.14 bits per heavy atom. The second-order valence-corrected chi connectivity index (χ2v) is 5.97. The zero-order chi connectivity index (χ0) is 20.4. The molecule has 28 heavy (non-hydrogen) atoms. The fourth-order valence-electron chi connectivity index (χ4n) is 2.42. The second-order valence-electron chi connectivity index (χ2n) is 5.97. The fraction of sp³-hybridized carbons (Fsp3) is 0.227. The minimum Gasteiger partial charge on any atom is -0.493 e. The number of hydrogen-bond acceptors (Lipinski definition) is 5. The van der Waals surface area contributed by atoms with E-state index in [1.807, 2.05) is 43.3 Å². The third-order valence-electron chi connectivity index (χ3n) is 3.84. The van der Waals surface area contributed by atoms with Gasteiger partial charge in [0.25, 0.3) is 5.91 Å². The zero-order valence-electron chi connectivity index (χ0n) is 15.9. The summed E-state index contributed by atoms with van der Waals surface area (Å²) < 4.78 is 10.5. The van der Waals surface area contributed by atoms with Crippen molar-refractivity contribution in [1.29, 1.82) is 5.26 Å². The van der Waals surface area contributed by atoms with Gasteiger partial charge in [-0.1, -0.05) is 43.3 Å². The van der Waals surface area contributed by atoms with E-state index in [0.29, 0.717) is 36.4 Å². The van der Waals surface area contributed by atoms with Crippen LogP contribution in [0.25, 0.3) is 6.08 Å². The van der Waals surface area contributed by atoms with E-state index in [9.17, 15) is 14.9 Å². The Kier molecular flexibility index (Phi) is 7.79. The molecule has 0 fully saturated rings. The Labute approximate surface area is 164 Å². The van der Waals surface area contributed by atoms with E-state index in [1.54, 1.807) is 18.2 Å². The molecule has 0 unspecified atom stereocenters. The minimum absolute atomic E-state index is 0.0336. The first-order valence-electron chi connectivity index (χ1n) is 8.90. The first-order valence-corrected chi connectivity index (χ1v) is 8.90. The number of nitrogens with zero attached hydrogens (tertiary/aromatic N) is 1. The Morgan fingerprint density at radius 2 is 1.89 bits per heavy atom. The van der Waals surface area contributed by atoms with Crippen LogP contribution in [0.1, 0.15) is 30.9 Å². The first-order chi connectivity index (χ1) is 13.6. The quantitative estimate of drug-likeness (QED) is 0.328. The van der Waals surface area contributed by atoms with Crippen molar-refractivity contribution in [1.82, 2.24) is 5.32 Å². The van der Waals surface area contributed by atoms with Crippen molar-refractivity contribution in [2.45, 2.75) is 26.3 Å². The Balaban J connectivity index is 2.13. The standard InChI is InChI=1S/C22H22N2O4/c1-3-7-21(25)28-19-11-10-17(13-20(19)27-2)12-18(14-23)22(26)24-15-16-8-5-4-6-9-16/h4-6,8-13H,3,7,15H2,1-2H3,(H,24,26)/b18-12+. The highest BCUT2D eigenvalue weighted by Crippen LogP contribution is 2.29. The van der Waals surface area contributed by atoms with E-state index >= 15 is 0 Å². The summed E-state index contributed by atoms with van der Waals surface area (Å²) in [6, 6.07) is 16.2. The van der Waals surface area contributed by atoms with Crippen molar-refractivity contribution in [2.24, 2.45) is 0 Å². The maximum atomic E-state index is 12.3. The van der Waals surface area contributed by atoms with Crippen LogP contribution in [-0.2, 0) is 16.1 Å². The average molecular weight is 378 g/mol. The van der Waals surface area contributed by atoms with E-state index in [0.717, 1.165) is 5.56 Å². The van der Waals surface area contributed by atoms with Gasteiger partial charge in [0.15, 0.2) is 11.5 Å². The minimum atomic E-state index is -0.469. The van der Waals surface area contributed by atoms with Gasteiger partial charge in [-0.15, -0.1) is 0 Å². The summed E-state index contributed by atoms with van der Waals surface area (Å²) in [5.41, 5.74) is 1.49. The van der Waals surface area contributed by atoms with Crippen molar-refractivity contribution in [3.8, 4) is 17.6 Å². The molecule has 0 aliphatic rings. The predicted molar refractivity (Wildman–Crippen MR) is 105 cm³/mol. The Morgan fingerprint density at radius 3 is 2.54 bits per heavy atom. The van der Waals surface area contributed by atoms with Crippen LogP contribution < -0.4 is 14.8 Å². The molecule has 1 amide bonds. The summed E-state index contributed by atoms with van der Waals surface area (Å²) >= 11 is 0. The summed E-state index contributed by atoms with van der Waals surface area (Å²) in [5.74, 6) is -0.170. The van der Waals surface area contributed by atoms with Crippen LogP contribution in [0.2, 0.25) is 0 Å². The molecule has 144 valence electrons. The van der Waals surface area contributed by atoms with Gasteiger partial charge in [0.1, 0.15) is 11.6 Å². The van der Waals surface area contributed by atoms with Gasteiger partial charge in [-0.3, -0.25) is 9.59 Å². The van der Waals surface area contributed by atoms with Gasteiger partial charge in [-0.05, 0) is 35.8 Å². The molecule has 0 heterocycles. The van der Waals surface area contributed by atoms with Gasteiger partial charge in [0.05, 0.1) is 7.11 Å². The van der Waals surface area contributed by atoms with Crippen LogP contribution in [0.5, 0.6) is 11.5 Å². The maximum absolute atomic E-state index is 12.3. The van der Waals surface area contributed by atoms with E-state index in [2.05, 4.69) is 5.32 Å².